The Kier molecular flexibility index (Phi) is 5.85. The molecule has 0 radical (unpaired) electrons. The van der Waals surface area contributed by atoms with Gasteiger partial charge in [0.25, 0.3) is 0 Å². The maximum Gasteiger partial charge on any atom is 0.573 e. The number of thioether (sulfide) groups is 1. The van der Waals surface area contributed by atoms with E-state index < -0.39 is 31.9 Å². The minimum Gasteiger partial charge on any atom is -0.404 e. The van der Waals surface area contributed by atoms with Gasteiger partial charge in [0, 0.05) is 25.4 Å². The average Bonchev–Trinajstić information content (AvgIpc) is 3.22. The number of nitrogens with zero attached hydrogens (tertiary/aromatic N) is 4. The predicted octanol–water partition coefficient (Wildman–Crippen LogP) is 4.26. The van der Waals surface area contributed by atoms with Crippen molar-refractivity contribution in [2.75, 3.05) is 30.3 Å². The zero-order chi connectivity index (χ0) is 24.0. The molecular formula is C22H21F3N4O3S2. The van der Waals surface area contributed by atoms with E-state index in [1.807, 2.05) is 24.3 Å². The molecule has 2 fully saturated rings. The highest BCUT2D eigenvalue weighted by molar-refractivity contribution is 8.02. The van der Waals surface area contributed by atoms with E-state index in [4.69, 9.17) is 0 Å². The number of halogens is 3. The van der Waals surface area contributed by atoms with Gasteiger partial charge in [-0.05, 0) is 37.1 Å². The summed E-state index contributed by atoms with van der Waals surface area (Å²) < 4.78 is 71.1. The first-order valence-corrected chi connectivity index (χ1v) is 13.1. The van der Waals surface area contributed by atoms with E-state index in [1.165, 1.54) is 28.2 Å². The van der Waals surface area contributed by atoms with Gasteiger partial charge in [0.1, 0.15) is 16.5 Å². The van der Waals surface area contributed by atoms with E-state index in [1.54, 1.807) is 6.20 Å². The number of hydrogen-bond donors (Lipinski definition) is 0. The number of benzene rings is 2. The number of ether oxygens (including phenoxy) is 1. The molecule has 7 nitrogen and oxygen atoms in total. The second kappa shape index (κ2) is 8.58. The molecule has 0 unspecified atom stereocenters. The van der Waals surface area contributed by atoms with E-state index in [-0.39, 0.29) is 6.54 Å². The first-order chi connectivity index (χ1) is 16.2. The molecule has 2 saturated heterocycles. The molecule has 34 heavy (non-hydrogen) atoms. The third-order valence-corrected chi connectivity index (χ3v) is 9.74. The van der Waals surface area contributed by atoms with Crippen molar-refractivity contribution >= 4 is 38.6 Å². The number of sulfonamides is 1. The van der Waals surface area contributed by atoms with E-state index >= 15 is 0 Å². The van der Waals surface area contributed by atoms with Crippen LogP contribution in [0.15, 0.2) is 59.6 Å². The van der Waals surface area contributed by atoms with Crippen LogP contribution in [0.2, 0.25) is 0 Å². The Hall–Kier alpha value is -2.57. The lowest BCUT2D eigenvalue weighted by molar-refractivity contribution is -0.275. The van der Waals surface area contributed by atoms with E-state index in [2.05, 4.69) is 19.6 Å². The maximum atomic E-state index is 13.5. The summed E-state index contributed by atoms with van der Waals surface area (Å²) >= 11 is 1.54. The molecule has 3 heterocycles. The second-order valence-electron chi connectivity index (χ2n) is 8.07. The molecule has 12 heteroatoms. The highest BCUT2D eigenvalue weighted by Gasteiger charge is 2.51. The van der Waals surface area contributed by atoms with Gasteiger partial charge in [-0.2, -0.15) is 4.31 Å². The Morgan fingerprint density at radius 3 is 2.38 bits per heavy atom. The molecule has 0 amide bonds. The summed E-state index contributed by atoms with van der Waals surface area (Å²) in [5.41, 5.74) is 1.57. The molecule has 0 bridgehead atoms. The summed E-state index contributed by atoms with van der Waals surface area (Å²) in [6.07, 6.45) is -2.27. The number of aromatic nitrogens is 2. The summed E-state index contributed by atoms with van der Waals surface area (Å²) in [5, 5.41) is 0. The topological polar surface area (TPSA) is 75.6 Å². The summed E-state index contributed by atoms with van der Waals surface area (Å²) in [5.74, 6) is 0.568. The van der Waals surface area contributed by atoms with Gasteiger partial charge in [0.15, 0.2) is 0 Å². The van der Waals surface area contributed by atoms with Gasteiger partial charge in [-0.25, -0.2) is 13.4 Å². The van der Waals surface area contributed by atoms with Crippen LogP contribution in [-0.4, -0.2) is 59.3 Å². The minimum absolute atomic E-state index is 0.225. The van der Waals surface area contributed by atoms with Crippen LogP contribution >= 0.6 is 11.8 Å². The number of fused-ring (bicyclic) bond motifs is 1. The third-order valence-electron chi connectivity index (χ3n) is 6.07. The van der Waals surface area contributed by atoms with Crippen molar-refractivity contribution in [2.45, 2.75) is 29.0 Å². The van der Waals surface area contributed by atoms with Gasteiger partial charge in [-0.1, -0.05) is 24.3 Å². The fourth-order valence-corrected chi connectivity index (χ4v) is 8.24. The van der Waals surface area contributed by atoms with Gasteiger partial charge >= 0.3 is 6.36 Å². The molecule has 2 aliphatic rings. The van der Waals surface area contributed by atoms with Gasteiger partial charge in [0.05, 0.1) is 22.1 Å². The van der Waals surface area contributed by atoms with Crippen molar-refractivity contribution in [1.82, 2.24) is 14.3 Å². The first-order valence-electron chi connectivity index (χ1n) is 10.7. The van der Waals surface area contributed by atoms with Crippen LogP contribution in [0.5, 0.6) is 5.75 Å². The Morgan fingerprint density at radius 2 is 1.65 bits per heavy atom. The largest absolute Gasteiger partial charge is 0.573 e. The van der Waals surface area contributed by atoms with Gasteiger partial charge in [-0.15, -0.1) is 24.9 Å². The zero-order valence-corrected chi connectivity index (χ0v) is 19.5. The first kappa shape index (κ1) is 23.2. The number of piperidine rings is 1. The van der Waals surface area contributed by atoms with Crippen LogP contribution in [0.1, 0.15) is 12.8 Å². The average molecular weight is 511 g/mol. The number of anilines is 1. The van der Waals surface area contributed by atoms with E-state index in [0.717, 1.165) is 29.0 Å². The van der Waals surface area contributed by atoms with Crippen molar-refractivity contribution in [3.05, 3.63) is 54.7 Å². The monoisotopic (exact) mass is 510 g/mol. The minimum atomic E-state index is -4.99. The smallest absolute Gasteiger partial charge is 0.404 e. The van der Waals surface area contributed by atoms with Crippen LogP contribution in [0.3, 0.4) is 0 Å². The molecular weight excluding hydrogens is 489 g/mol. The lowest BCUT2D eigenvalue weighted by Crippen LogP contribution is -2.52. The van der Waals surface area contributed by atoms with Crippen LogP contribution < -0.4 is 9.64 Å². The van der Waals surface area contributed by atoms with Gasteiger partial charge < -0.3 is 9.64 Å². The van der Waals surface area contributed by atoms with Gasteiger partial charge in [0.2, 0.25) is 10.0 Å². The zero-order valence-electron chi connectivity index (χ0n) is 17.9. The number of hydrogen-bond acceptors (Lipinski definition) is 7. The summed E-state index contributed by atoms with van der Waals surface area (Å²) in [7, 11) is -4.22. The third kappa shape index (κ3) is 4.29. The standard InChI is InChI=1S/C22H21F3N4O3S2/c23-22(24,25)32-18-7-3-4-8-19(18)34(30,31)29-13-14-33-21(29)9-11-28(12-10-21)20-15-26-16-5-1-2-6-17(16)27-20/h1-8,15H,9-14H2. The summed E-state index contributed by atoms with van der Waals surface area (Å²) in [4.78, 5) is 9.99. The molecule has 3 aromatic rings. The molecule has 1 aromatic heterocycles. The fraction of sp³-hybridized carbons (Fsp3) is 0.364. The molecule has 0 N–H and O–H groups in total. The fourth-order valence-electron chi connectivity index (χ4n) is 4.50. The van der Waals surface area contributed by atoms with Gasteiger partial charge in [-0.3, -0.25) is 4.98 Å². The number of para-hydroxylation sites is 3. The molecule has 0 aliphatic carbocycles. The van der Waals surface area contributed by atoms with Crippen LogP contribution in [0, 0.1) is 0 Å². The van der Waals surface area contributed by atoms with E-state index in [9.17, 15) is 21.6 Å². The highest BCUT2D eigenvalue weighted by atomic mass is 32.2. The van der Waals surface area contributed by atoms with Crippen LogP contribution in [0.25, 0.3) is 11.0 Å². The lowest BCUT2D eigenvalue weighted by Gasteiger charge is -2.43. The van der Waals surface area contributed by atoms with Crippen LogP contribution in [-0.2, 0) is 10.0 Å². The molecule has 1 spiro atoms. The van der Waals surface area contributed by atoms with Crippen molar-refractivity contribution in [2.24, 2.45) is 0 Å². The quantitative estimate of drug-likeness (QED) is 0.519. The van der Waals surface area contributed by atoms with Crippen molar-refractivity contribution in [1.29, 1.82) is 0 Å². The number of rotatable bonds is 4. The lowest BCUT2D eigenvalue weighted by atomic mass is 10.0. The molecule has 0 saturated carbocycles. The molecule has 2 aliphatic heterocycles. The molecule has 2 aromatic carbocycles. The normalized spacial score (nSPS) is 19.1. The summed E-state index contributed by atoms with van der Waals surface area (Å²) in [6.45, 7) is 1.32. The molecule has 5 rings (SSSR count). The molecule has 0 atom stereocenters. The summed E-state index contributed by atoms with van der Waals surface area (Å²) in [6, 6.07) is 12.5. The van der Waals surface area contributed by atoms with Crippen molar-refractivity contribution in [3.8, 4) is 5.75 Å². The number of alkyl halides is 3. The Labute approximate surface area is 199 Å². The maximum absolute atomic E-state index is 13.5. The van der Waals surface area contributed by atoms with Crippen molar-refractivity contribution in [3.63, 3.8) is 0 Å². The Bertz CT molecular complexity index is 1310. The predicted molar refractivity (Wildman–Crippen MR) is 123 cm³/mol. The SMILES string of the molecule is O=S(=O)(c1ccccc1OC(F)(F)F)N1CCSC12CCN(c1cnc3ccccc3n1)CC2. The highest BCUT2D eigenvalue weighted by Crippen LogP contribution is 2.48. The second-order valence-corrected chi connectivity index (χ2v) is 11.4. The molecule has 180 valence electrons. The Balaban J connectivity index is 1.39. The van der Waals surface area contributed by atoms with E-state index in [0.29, 0.717) is 31.7 Å². The van der Waals surface area contributed by atoms with Crippen molar-refractivity contribution < 1.29 is 26.3 Å². The van der Waals surface area contributed by atoms with Crippen LogP contribution in [0.4, 0.5) is 19.0 Å². The Morgan fingerprint density at radius 1 is 0.971 bits per heavy atom.